The Bertz CT molecular complexity index is 1100. The van der Waals surface area contributed by atoms with Crippen LogP contribution in [0, 0.1) is 0 Å². The van der Waals surface area contributed by atoms with E-state index in [1.807, 2.05) is 0 Å². The maximum Gasteiger partial charge on any atom is 0.328 e. The topological polar surface area (TPSA) is 113 Å². The number of aromatic nitrogens is 2. The number of benzene rings is 2. The average molecular weight is 352 g/mol. The van der Waals surface area contributed by atoms with E-state index < -0.39 is 23.1 Å². The maximum atomic E-state index is 12.2. The van der Waals surface area contributed by atoms with Gasteiger partial charge in [0.1, 0.15) is 0 Å². The van der Waals surface area contributed by atoms with Gasteiger partial charge in [-0.05, 0) is 37.3 Å². The number of amides is 2. The molecule has 0 saturated carbocycles. The standard InChI is InChI=1S/C18H16N4O4/c1-2-22-17(25)13-9-8-12(10-14(13)19-18(22)26)16(24)21-20-15(23)11-6-4-3-5-7-11/h3-10H,2H2,1H3,(H,19,26)(H,20,23)(H,21,24). The van der Waals surface area contributed by atoms with Crippen molar-refractivity contribution in [3.63, 3.8) is 0 Å². The summed E-state index contributed by atoms with van der Waals surface area (Å²) in [5.41, 5.74) is 4.49. The van der Waals surface area contributed by atoms with Crippen molar-refractivity contribution in [1.82, 2.24) is 20.4 Å². The molecule has 3 N–H and O–H groups in total. The van der Waals surface area contributed by atoms with Crippen LogP contribution < -0.4 is 22.1 Å². The normalized spacial score (nSPS) is 10.5. The second-order valence-electron chi connectivity index (χ2n) is 5.51. The SMILES string of the molecule is CCn1c(=O)[nH]c2cc(C(=O)NNC(=O)c3ccccc3)ccc2c1=O. The van der Waals surface area contributed by atoms with Crippen molar-refractivity contribution in [1.29, 1.82) is 0 Å². The number of hydrogen-bond acceptors (Lipinski definition) is 4. The fourth-order valence-electron chi connectivity index (χ4n) is 2.53. The molecular weight excluding hydrogens is 336 g/mol. The monoisotopic (exact) mass is 352 g/mol. The van der Waals surface area contributed by atoms with E-state index in [0.717, 1.165) is 4.57 Å². The highest BCUT2D eigenvalue weighted by molar-refractivity contribution is 6.00. The predicted octanol–water partition coefficient (Wildman–Crippen LogP) is 0.784. The molecule has 3 rings (SSSR count). The number of fused-ring (bicyclic) bond motifs is 1. The van der Waals surface area contributed by atoms with Crippen molar-refractivity contribution < 1.29 is 9.59 Å². The van der Waals surface area contributed by atoms with Gasteiger partial charge >= 0.3 is 5.69 Å². The van der Waals surface area contributed by atoms with E-state index in [2.05, 4.69) is 15.8 Å². The molecule has 132 valence electrons. The van der Waals surface area contributed by atoms with Gasteiger partial charge in [-0.15, -0.1) is 0 Å². The Balaban J connectivity index is 1.82. The van der Waals surface area contributed by atoms with Gasteiger partial charge in [0.05, 0.1) is 10.9 Å². The molecule has 2 amide bonds. The number of aromatic amines is 1. The molecule has 0 atom stereocenters. The van der Waals surface area contributed by atoms with Crippen LogP contribution >= 0.6 is 0 Å². The summed E-state index contributed by atoms with van der Waals surface area (Å²) in [7, 11) is 0. The first kappa shape index (κ1) is 17.2. The van der Waals surface area contributed by atoms with Crippen LogP contribution in [0.15, 0.2) is 58.1 Å². The first-order chi connectivity index (χ1) is 12.5. The van der Waals surface area contributed by atoms with Crippen molar-refractivity contribution in [3.8, 4) is 0 Å². The Morgan fingerprint density at radius 3 is 2.27 bits per heavy atom. The molecule has 2 aromatic carbocycles. The lowest BCUT2D eigenvalue weighted by atomic mass is 10.1. The van der Waals surface area contributed by atoms with Gasteiger partial charge in [0.2, 0.25) is 0 Å². The van der Waals surface area contributed by atoms with Crippen molar-refractivity contribution in [2.75, 3.05) is 0 Å². The summed E-state index contributed by atoms with van der Waals surface area (Å²) in [6.07, 6.45) is 0. The first-order valence-corrected chi connectivity index (χ1v) is 7.94. The third-order valence-corrected chi connectivity index (χ3v) is 3.89. The molecule has 1 aromatic heterocycles. The molecule has 0 radical (unpaired) electrons. The molecule has 0 aliphatic rings. The van der Waals surface area contributed by atoms with Crippen molar-refractivity contribution in [2.24, 2.45) is 0 Å². The Labute approximate surface area is 147 Å². The average Bonchev–Trinajstić information content (AvgIpc) is 2.66. The molecule has 0 fully saturated rings. The molecule has 0 saturated heterocycles. The Kier molecular flexibility index (Phi) is 4.66. The minimum atomic E-state index is -0.572. The summed E-state index contributed by atoms with van der Waals surface area (Å²) >= 11 is 0. The number of carbonyl (C=O) groups is 2. The van der Waals surface area contributed by atoms with E-state index >= 15 is 0 Å². The van der Waals surface area contributed by atoms with Crippen LogP contribution in [0.1, 0.15) is 27.6 Å². The molecule has 0 unspecified atom stereocenters. The number of hydrogen-bond donors (Lipinski definition) is 3. The summed E-state index contributed by atoms with van der Waals surface area (Å²) in [6, 6.07) is 12.7. The highest BCUT2D eigenvalue weighted by atomic mass is 16.2. The highest BCUT2D eigenvalue weighted by Crippen LogP contribution is 2.09. The van der Waals surface area contributed by atoms with Crippen LogP contribution in [0.3, 0.4) is 0 Å². The molecule has 1 heterocycles. The quantitative estimate of drug-likeness (QED) is 0.605. The van der Waals surface area contributed by atoms with E-state index in [0.29, 0.717) is 10.9 Å². The molecule has 26 heavy (non-hydrogen) atoms. The smallest absolute Gasteiger partial charge is 0.307 e. The zero-order chi connectivity index (χ0) is 18.7. The summed E-state index contributed by atoms with van der Waals surface area (Å²) in [4.78, 5) is 50.8. The Morgan fingerprint density at radius 2 is 1.62 bits per heavy atom. The first-order valence-electron chi connectivity index (χ1n) is 7.94. The summed E-state index contributed by atoms with van der Waals surface area (Å²) in [5, 5.41) is 0.302. The Hall–Kier alpha value is -3.68. The van der Waals surface area contributed by atoms with E-state index in [-0.39, 0.29) is 17.6 Å². The number of nitrogens with zero attached hydrogens (tertiary/aromatic N) is 1. The van der Waals surface area contributed by atoms with Crippen LogP contribution in [-0.2, 0) is 6.54 Å². The van der Waals surface area contributed by atoms with E-state index in [1.165, 1.54) is 18.2 Å². The number of H-pyrrole nitrogens is 1. The van der Waals surface area contributed by atoms with Crippen LogP contribution in [0.25, 0.3) is 10.9 Å². The lowest BCUT2D eigenvalue weighted by Crippen LogP contribution is -2.41. The highest BCUT2D eigenvalue weighted by Gasteiger charge is 2.12. The van der Waals surface area contributed by atoms with Gasteiger partial charge in [-0.1, -0.05) is 18.2 Å². The third kappa shape index (κ3) is 3.25. The van der Waals surface area contributed by atoms with Gasteiger partial charge in [-0.2, -0.15) is 0 Å². The van der Waals surface area contributed by atoms with Crippen molar-refractivity contribution in [2.45, 2.75) is 13.5 Å². The molecule has 0 aliphatic carbocycles. The van der Waals surface area contributed by atoms with Crippen LogP contribution in [-0.4, -0.2) is 21.4 Å². The van der Waals surface area contributed by atoms with Crippen LogP contribution in [0.4, 0.5) is 0 Å². The minimum Gasteiger partial charge on any atom is -0.307 e. The molecule has 0 aliphatic heterocycles. The maximum absolute atomic E-state index is 12.2. The van der Waals surface area contributed by atoms with Gasteiger partial charge in [0.15, 0.2) is 0 Å². The zero-order valence-electron chi connectivity index (χ0n) is 13.9. The number of hydrazine groups is 1. The van der Waals surface area contributed by atoms with Gasteiger partial charge in [0, 0.05) is 17.7 Å². The van der Waals surface area contributed by atoms with Gasteiger partial charge in [-0.25, -0.2) is 4.79 Å². The third-order valence-electron chi connectivity index (χ3n) is 3.89. The van der Waals surface area contributed by atoms with Crippen molar-refractivity contribution >= 4 is 22.7 Å². The Morgan fingerprint density at radius 1 is 0.962 bits per heavy atom. The number of nitrogens with one attached hydrogen (secondary N) is 3. The second kappa shape index (κ2) is 7.06. The summed E-state index contributed by atoms with van der Waals surface area (Å²) in [5.74, 6) is -1.03. The van der Waals surface area contributed by atoms with Crippen LogP contribution in [0.5, 0.6) is 0 Å². The molecule has 0 spiro atoms. The number of rotatable bonds is 3. The molecule has 8 nitrogen and oxygen atoms in total. The fourth-order valence-corrected chi connectivity index (χ4v) is 2.53. The predicted molar refractivity (Wildman–Crippen MR) is 95.9 cm³/mol. The minimum absolute atomic E-state index is 0.190. The molecule has 3 aromatic rings. The molecule has 0 bridgehead atoms. The lowest BCUT2D eigenvalue weighted by Gasteiger charge is -2.08. The van der Waals surface area contributed by atoms with E-state index in [1.54, 1.807) is 37.3 Å². The van der Waals surface area contributed by atoms with Gasteiger partial charge in [-0.3, -0.25) is 29.8 Å². The lowest BCUT2D eigenvalue weighted by molar-refractivity contribution is 0.0847. The van der Waals surface area contributed by atoms with Gasteiger partial charge < -0.3 is 4.98 Å². The number of carbonyl (C=O) groups excluding carboxylic acids is 2. The summed E-state index contributed by atoms with van der Waals surface area (Å²) < 4.78 is 1.07. The van der Waals surface area contributed by atoms with Crippen LogP contribution in [0.2, 0.25) is 0 Å². The second-order valence-corrected chi connectivity index (χ2v) is 5.51. The largest absolute Gasteiger partial charge is 0.328 e. The van der Waals surface area contributed by atoms with E-state index in [4.69, 9.17) is 0 Å². The fraction of sp³-hybridized carbons (Fsp3) is 0.111. The molecule has 8 heteroatoms. The van der Waals surface area contributed by atoms with E-state index in [9.17, 15) is 19.2 Å². The van der Waals surface area contributed by atoms with Crippen molar-refractivity contribution in [3.05, 3.63) is 80.5 Å². The zero-order valence-corrected chi connectivity index (χ0v) is 13.9. The molecular formula is C18H16N4O4. The van der Waals surface area contributed by atoms with Gasteiger partial charge in [0.25, 0.3) is 17.4 Å². The summed E-state index contributed by atoms with van der Waals surface area (Å²) in [6.45, 7) is 1.94.